The van der Waals surface area contributed by atoms with Crippen molar-refractivity contribution >= 4 is 11.9 Å². The van der Waals surface area contributed by atoms with Gasteiger partial charge >= 0.3 is 5.66 Å². The van der Waals surface area contributed by atoms with Crippen molar-refractivity contribution in [2.75, 3.05) is 0 Å². The summed E-state index contributed by atoms with van der Waals surface area (Å²) in [7, 11) is 0. The van der Waals surface area contributed by atoms with E-state index in [1.165, 1.54) is 0 Å². The lowest BCUT2D eigenvalue weighted by atomic mass is 9.92. The van der Waals surface area contributed by atoms with Gasteiger partial charge in [0.2, 0.25) is 6.21 Å². The molecular weight excluding hydrogens is 296 g/mol. The van der Waals surface area contributed by atoms with Crippen LogP contribution in [0.5, 0.6) is 0 Å². The average molecular weight is 312 g/mol. The molecule has 0 saturated heterocycles. The van der Waals surface area contributed by atoms with Gasteiger partial charge in [-0.25, -0.2) is 0 Å². The van der Waals surface area contributed by atoms with Crippen LogP contribution >= 0.6 is 0 Å². The van der Waals surface area contributed by atoms with Gasteiger partial charge in [0.25, 0.3) is 0 Å². The first-order chi connectivity index (χ1) is 11.8. The lowest BCUT2D eigenvalue weighted by molar-refractivity contribution is -0.534. The number of hydrogen-bond acceptors (Lipinski definition) is 2. The minimum absolute atomic E-state index is 0.693. The Labute approximate surface area is 140 Å². The van der Waals surface area contributed by atoms with Gasteiger partial charge in [-0.15, -0.1) is 0 Å². The van der Waals surface area contributed by atoms with Gasteiger partial charge in [-0.1, -0.05) is 66.7 Å². The van der Waals surface area contributed by atoms with Crippen LogP contribution in [0.2, 0.25) is 0 Å². The number of hydroxylamine groups is 1. The quantitative estimate of drug-likeness (QED) is 0.532. The molecule has 0 aromatic heterocycles. The van der Waals surface area contributed by atoms with Crippen molar-refractivity contribution in [2.24, 2.45) is 4.99 Å². The van der Waals surface area contributed by atoms with Gasteiger partial charge in [0.05, 0.1) is 11.1 Å². The van der Waals surface area contributed by atoms with E-state index in [1.807, 2.05) is 91.0 Å². The van der Waals surface area contributed by atoms with E-state index in [-0.39, 0.29) is 0 Å². The summed E-state index contributed by atoms with van der Waals surface area (Å²) in [6.07, 6.45) is 1.58. The molecule has 0 radical (unpaired) electrons. The van der Waals surface area contributed by atoms with Crippen molar-refractivity contribution in [1.82, 2.24) is 0 Å². The van der Waals surface area contributed by atoms with Gasteiger partial charge in [-0.05, 0) is 24.3 Å². The van der Waals surface area contributed by atoms with Crippen LogP contribution in [0.25, 0.3) is 0 Å². The highest BCUT2D eigenvalue weighted by Crippen LogP contribution is 2.37. The third-order valence-electron chi connectivity index (χ3n) is 4.26. The Kier molecular flexibility index (Phi) is 3.47. The van der Waals surface area contributed by atoms with E-state index in [4.69, 9.17) is 4.99 Å². The highest BCUT2D eigenvalue weighted by atomic mass is 16.5. The van der Waals surface area contributed by atoms with E-state index in [2.05, 4.69) is 0 Å². The molecule has 1 aliphatic rings. The molecule has 1 heterocycles. The van der Waals surface area contributed by atoms with E-state index in [1.54, 1.807) is 6.21 Å². The van der Waals surface area contributed by atoms with Crippen molar-refractivity contribution in [2.45, 2.75) is 5.66 Å². The van der Waals surface area contributed by atoms with Crippen LogP contribution < -0.4 is 0 Å². The second-order valence-electron chi connectivity index (χ2n) is 5.72. The number of hydrogen-bond donors (Lipinski definition) is 0. The predicted molar refractivity (Wildman–Crippen MR) is 96.3 cm³/mol. The van der Waals surface area contributed by atoms with E-state index in [0.717, 1.165) is 21.4 Å². The van der Waals surface area contributed by atoms with E-state index in [9.17, 15) is 5.21 Å². The van der Waals surface area contributed by atoms with Gasteiger partial charge in [-0.2, -0.15) is 9.73 Å². The predicted octanol–water partition coefficient (Wildman–Crippen LogP) is 3.97. The normalized spacial score (nSPS) is 15.7. The summed E-state index contributed by atoms with van der Waals surface area (Å²) >= 11 is 0. The summed E-state index contributed by atoms with van der Waals surface area (Å²) in [5.41, 5.74) is 2.26. The molecule has 0 saturated carbocycles. The number of benzene rings is 3. The first-order valence-corrected chi connectivity index (χ1v) is 7.88. The number of rotatable bonds is 3. The van der Waals surface area contributed by atoms with Crippen molar-refractivity contribution in [3.63, 3.8) is 0 Å². The maximum absolute atomic E-state index is 13.0. The minimum Gasteiger partial charge on any atom is -0.621 e. The van der Waals surface area contributed by atoms with Crippen LogP contribution in [0.15, 0.2) is 96.0 Å². The lowest BCUT2D eigenvalue weighted by Gasteiger charge is -2.25. The number of nitrogens with zero attached hydrogens (tertiary/aromatic N) is 2. The average Bonchev–Trinajstić information content (AvgIpc) is 3.02. The van der Waals surface area contributed by atoms with Crippen LogP contribution in [-0.2, 0) is 5.66 Å². The van der Waals surface area contributed by atoms with E-state index in [0.29, 0.717) is 5.71 Å². The van der Waals surface area contributed by atoms with Crippen LogP contribution in [0, 0.1) is 5.21 Å². The third kappa shape index (κ3) is 2.22. The Balaban J connectivity index is 1.96. The molecular formula is C21H16N2O. The molecule has 0 fully saturated rings. The van der Waals surface area contributed by atoms with Crippen molar-refractivity contribution in [3.05, 3.63) is 113 Å². The maximum Gasteiger partial charge on any atom is 0.319 e. The molecule has 116 valence electrons. The Bertz CT molecular complexity index is 861. The highest BCUT2D eigenvalue weighted by molar-refractivity contribution is 6.37. The summed E-state index contributed by atoms with van der Waals surface area (Å²) in [6.45, 7) is 0. The zero-order chi connectivity index (χ0) is 16.4. The molecule has 0 unspecified atom stereocenters. The van der Waals surface area contributed by atoms with Crippen LogP contribution in [0.1, 0.15) is 16.7 Å². The van der Waals surface area contributed by atoms with Crippen LogP contribution in [0.4, 0.5) is 0 Å². The minimum atomic E-state index is -1.08. The van der Waals surface area contributed by atoms with Crippen molar-refractivity contribution in [1.29, 1.82) is 0 Å². The Morgan fingerprint density at radius 2 is 1.12 bits per heavy atom. The van der Waals surface area contributed by atoms with Gasteiger partial charge in [0.15, 0.2) is 0 Å². The van der Waals surface area contributed by atoms with E-state index < -0.39 is 5.66 Å². The van der Waals surface area contributed by atoms with E-state index >= 15 is 0 Å². The van der Waals surface area contributed by atoms with Gasteiger partial charge < -0.3 is 5.21 Å². The zero-order valence-corrected chi connectivity index (χ0v) is 13.0. The molecule has 0 atom stereocenters. The fourth-order valence-electron chi connectivity index (χ4n) is 3.10. The first kappa shape index (κ1) is 14.4. The van der Waals surface area contributed by atoms with Gasteiger partial charge in [-0.3, -0.25) is 0 Å². The Morgan fingerprint density at radius 1 is 0.667 bits per heavy atom. The SMILES string of the molecule is [O-][N+]1=CC(c2ccccc2)=NC1(c1ccccc1)c1ccccc1. The molecule has 3 aromatic carbocycles. The molecule has 0 amide bonds. The fourth-order valence-corrected chi connectivity index (χ4v) is 3.10. The monoisotopic (exact) mass is 312 g/mol. The summed E-state index contributed by atoms with van der Waals surface area (Å²) in [5.74, 6) is 0. The largest absolute Gasteiger partial charge is 0.621 e. The lowest BCUT2D eigenvalue weighted by Crippen LogP contribution is -2.33. The molecule has 4 rings (SSSR count). The Hall–Kier alpha value is -3.20. The topological polar surface area (TPSA) is 38.4 Å². The third-order valence-corrected chi connectivity index (χ3v) is 4.26. The summed E-state index contributed by atoms with van der Waals surface area (Å²) in [6, 6.07) is 29.2. The molecule has 3 nitrogen and oxygen atoms in total. The molecule has 24 heavy (non-hydrogen) atoms. The standard InChI is InChI=1S/C21H16N2O/c24-23-16-20(17-10-4-1-5-11-17)22-21(23,18-12-6-2-7-13-18)19-14-8-3-9-15-19/h1-16H. The van der Waals surface area contributed by atoms with Crippen LogP contribution in [0.3, 0.4) is 0 Å². The Morgan fingerprint density at radius 3 is 1.62 bits per heavy atom. The fraction of sp³-hybridized carbons (Fsp3) is 0.0476. The molecule has 3 aromatic rings. The first-order valence-electron chi connectivity index (χ1n) is 7.88. The zero-order valence-electron chi connectivity index (χ0n) is 13.0. The maximum atomic E-state index is 13.0. The van der Waals surface area contributed by atoms with Gasteiger partial charge in [0.1, 0.15) is 5.71 Å². The molecule has 0 aliphatic carbocycles. The van der Waals surface area contributed by atoms with Gasteiger partial charge in [0, 0.05) is 5.56 Å². The highest BCUT2D eigenvalue weighted by Gasteiger charge is 2.46. The van der Waals surface area contributed by atoms with Crippen molar-refractivity contribution in [3.8, 4) is 0 Å². The molecule has 3 heteroatoms. The molecule has 0 bridgehead atoms. The van der Waals surface area contributed by atoms with Crippen molar-refractivity contribution < 1.29 is 4.74 Å². The second-order valence-corrected chi connectivity index (χ2v) is 5.72. The smallest absolute Gasteiger partial charge is 0.319 e. The number of aliphatic imine (C=N–C) groups is 1. The second kappa shape index (κ2) is 5.78. The molecule has 1 aliphatic heterocycles. The summed E-state index contributed by atoms with van der Waals surface area (Å²) in [5, 5.41) is 13.0. The summed E-state index contributed by atoms with van der Waals surface area (Å²) in [4.78, 5) is 4.89. The van der Waals surface area contributed by atoms with Crippen LogP contribution in [-0.4, -0.2) is 16.7 Å². The molecule has 0 spiro atoms. The summed E-state index contributed by atoms with van der Waals surface area (Å²) < 4.78 is 0.958. The molecule has 0 N–H and O–H groups in total.